The molecular formula is C28H34N2O3. The zero-order valence-electron chi connectivity index (χ0n) is 19.8. The van der Waals surface area contributed by atoms with Crippen LogP contribution in [-0.2, 0) is 16.1 Å². The Hall–Kier alpha value is -2.58. The van der Waals surface area contributed by atoms with Crippen LogP contribution in [-0.4, -0.2) is 36.2 Å². The molecule has 2 unspecified atom stereocenters. The van der Waals surface area contributed by atoms with E-state index in [2.05, 4.69) is 42.2 Å². The zero-order chi connectivity index (χ0) is 22.9. The number of hydrogen-bond donors (Lipinski definition) is 0. The molecule has 5 heteroatoms. The van der Waals surface area contributed by atoms with Gasteiger partial charge in [-0.05, 0) is 80.4 Å². The maximum Gasteiger partial charge on any atom is 0.308 e. The Morgan fingerprint density at radius 1 is 1.06 bits per heavy atom. The van der Waals surface area contributed by atoms with Crippen molar-refractivity contribution >= 4 is 16.7 Å². The first-order valence-corrected chi connectivity index (χ1v) is 12.5. The second-order valence-corrected chi connectivity index (χ2v) is 10.4. The monoisotopic (exact) mass is 446 g/mol. The van der Waals surface area contributed by atoms with E-state index in [1.165, 1.54) is 25.5 Å². The smallest absolute Gasteiger partial charge is 0.308 e. The number of nitrogens with zero attached hydrogens (tertiary/aromatic N) is 2. The van der Waals surface area contributed by atoms with E-state index in [0.29, 0.717) is 17.6 Å². The van der Waals surface area contributed by atoms with E-state index in [9.17, 15) is 10.1 Å². The third-order valence-corrected chi connectivity index (χ3v) is 8.20. The molecule has 174 valence electrons. The van der Waals surface area contributed by atoms with Gasteiger partial charge < -0.3 is 9.47 Å². The minimum Gasteiger partial charge on any atom is -0.489 e. The molecule has 1 aliphatic carbocycles. The standard InChI is InChI=1S/C28H34N2O3/c1-18-3-9-24(10-4-18)33-27-12-6-20-13-19(5-11-25(20)26(27)16-29)17-30-22-7-8-23(30)15-21(14-22)28(31)32-2/h5-6,11-13,18,21-24H,3-4,7-10,14-15,17H2,1-2H3. The van der Waals surface area contributed by atoms with Crippen LogP contribution in [0, 0.1) is 23.2 Å². The average molecular weight is 447 g/mol. The van der Waals surface area contributed by atoms with Gasteiger partial charge in [0.25, 0.3) is 0 Å². The van der Waals surface area contributed by atoms with Gasteiger partial charge >= 0.3 is 5.97 Å². The number of carbonyl (C=O) groups is 1. The minimum atomic E-state index is -0.0537. The largest absolute Gasteiger partial charge is 0.489 e. The summed E-state index contributed by atoms with van der Waals surface area (Å²) in [4.78, 5) is 14.6. The number of carbonyl (C=O) groups excluding carboxylic acids is 1. The van der Waals surface area contributed by atoms with Crippen molar-refractivity contribution in [2.45, 2.75) is 83.0 Å². The summed E-state index contributed by atoms with van der Waals surface area (Å²) in [5, 5.41) is 12.0. The van der Waals surface area contributed by atoms with Gasteiger partial charge in [0, 0.05) is 24.0 Å². The first-order valence-electron chi connectivity index (χ1n) is 12.5. The first-order chi connectivity index (χ1) is 16.1. The third-order valence-electron chi connectivity index (χ3n) is 8.20. The van der Waals surface area contributed by atoms with Crippen LogP contribution < -0.4 is 4.74 Å². The Morgan fingerprint density at radius 2 is 1.79 bits per heavy atom. The van der Waals surface area contributed by atoms with Gasteiger partial charge in [0.2, 0.25) is 0 Å². The quantitative estimate of drug-likeness (QED) is 0.561. The normalized spacial score (nSPS) is 29.5. The van der Waals surface area contributed by atoms with Crippen molar-refractivity contribution < 1.29 is 14.3 Å². The Bertz CT molecular complexity index is 1050. The highest BCUT2D eigenvalue weighted by molar-refractivity contribution is 5.90. The maximum atomic E-state index is 12.0. The molecular weight excluding hydrogens is 412 g/mol. The number of rotatable bonds is 5. The summed E-state index contributed by atoms with van der Waals surface area (Å²) in [7, 11) is 1.49. The molecule has 0 radical (unpaired) electrons. The van der Waals surface area contributed by atoms with E-state index in [1.807, 2.05) is 6.07 Å². The Balaban J connectivity index is 1.32. The number of nitriles is 1. The lowest BCUT2D eigenvalue weighted by Crippen LogP contribution is -2.44. The van der Waals surface area contributed by atoms with Gasteiger partial charge in [0.15, 0.2) is 0 Å². The molecule has 3 aliphatic rings. The van der Waals surface area contributed by atoms with Crippen molar-refractivity contribution in [2.75, 3.05) is 7.11 Å². The van der Waals surface area contributed by atoms with Crippen LogP contribution in [0.15, 0.2) is 30.3 Å². The van der Waals surface area contributed by atoms with Crippen LogP contribution in [0.4, 0.5) is 0 Å². The maximum absolute atomic E-state index is 12.0. The number of hydrogen-bond acceptors (Lipinski definition) is 5. The highest BCUT2D eigenvalue weighted by atomic mass is 16.5. The van der Waals surface area contributed by atoms with E-state index in [-0.39, 0.29) is 18.0 Å². The molecule has 2 aromatic carbocycles. The topological polar surface area (TPSA) is 62.6 Å². The van der Waals surface area contributed by atoms with Crippen molar-refractivity contribution in [3.05, 3.63) is 41.5 Å². The van der Waals surface area contributed by atoms with Gasteiger partial charge in [0.1, 0.15) is 17.4 Å². The molecule has 2 aliphatic heterocycles. The number of benzene rings is 2. The van der Waals surface area contributed by atoms with Crippen LogP contribution >= 0.6 is 0 Å². The molecule has 2 aromatic rings. The van der Waals surface area contributed by atoms with E-state index in [0.717, 1.165) is 67.5 Å². The molecule has 2 saturated heterocycles. The second-order valence-electron chi connectivity index (χ2n) is 10.4. The van der Waals surface area contributed by atoms with Crippen LogP contribution in [0.25, 0.3) is 10.8 Å². The van der Waals surface area contributed by atoms with Gasteiger partial charge in [0.05, 0.1) is 19.1 Å². The summed E-state index contributed by atoms with van der Waals surface area (Å²) >= 11 is 0. The molecule has 2 bridgehead atoms. The second kappa shape index (κ2) is 9.35. The lowest BCUT2D eigenvalue weighted by Gasteiger charge is -2.38. The van der Waals surface area contributed by atoms with Crippen molar-refractivity contribution in [1.29, 1.82) is 5.26 Å². The van der Waals surface area contributed by atoms with Crippen molar-refractivity contribution in [3.8, 4) is 11.8 Å². The van der Waals surface area contributed by atoms with E-state index in [1.54, 1.807) is 0 Å². The Morgan fingerprint density at radius 3 is 2.45 bits per heavy atom. The van der Waals surface area contributed by atoms with Gasteiger partial charge in [-0.15, -0.1) is 0 Å². The molecule has 5 rings (SSSR count). The summed E-state index contributed by atoms with van der Waals surface area (Å²) < 4.78 is 11.3. The number of piperidine rings is 1. The zero-order valence-corrected chi connectivity index (χ0v) is 19.8. The Kier molecular flexibility index (Phi) is 6.29. The SMILES string of the molecule is COC(=O)C1CC2CCC(C1)N2Cc1ccc2c(C#N)c(OC3CCC(C)CC3)ccc2c1. The lowest BCUT2D eigenvalue weighted by atomic mass is 9.89. The van der Waals surface area contributed by atoms with E-state index >= 15 is 0 Å². The summed E-state index contributed by atoms with van der Waals surface area (Å²) in [5.41, 5.74) is 1.91. The molecule has 2 heterocycles. The van der Waals surface area contributed by atoms with Crippen LogP contribution in [0.3, 0.4) is 0 Å². The predicted octanol–water partition coefficient (Wildman–Crippen LogP) is 5.58. The number of esters is 1. The minimum absolute atomic E-state index is 0.0457. The van der Waals surface area contributed by atoms with Gasteiger partial charge in [-0.25, -0.2) is 0 Å². The predicted molar refractivity (Wildman–Crippen MR) is 128 cm³/mol. The van der Waals surface area contributed by atoms with Crippen LogP contribution in [0.5, 0.6) is 5.75 Å². The highest BCUT2D eigenvalue weighted by Gasteiger charge is 2.43. The molecule has 3 fully saturated rings. The van der Waals surface area contributed by atoms with E-state index < -0.39 is 0 Å². The molecule has 5 nitrogen and oxygen atoms in total. The van der Waals surface area contributed by atoms with Gasteiger partial charge in [-0.3, -0.25) is 9.69 Å². The molecule has 0 N–H and O–H groups in total. The van der Waals surface area contributed by atoms with Gasteiger partial charge in [-0.1, -0.05) is 25.1 Å². The first kappa shape index (κ1) is 22.2. The summed E-state index contributed by atoms with van der Waals surface area (Å²) in [5.74, 6) is 1.49. The molecule has 33 heavy (non-hydrogen) atoms. The molecule has 0 amide bonds. The van der Waals surface area contributed by atoms with E-state index in [4.69, 9.17) is 9.47 Å². The van der Waals surface area contributed by atoms with Crippen LogP contribution in [0.1, 0.15) is 69.4 Å². The summed E-state index contributed by atoms with van der Waals surface area (Å²) in [6, 6.07) is 13.8. The molecule has 2 atom stereocenters. The third kappa shape index (κ3) is 4.46. The fraction of sp³-hybridized carbons (Fsp3) is 0.571. The fourth-order valence-electron chi connectivity index (χ4n) is 6.30. The van der Waals surface area contributed by atoms with Crippen LogP contribution in [0.2, 0.25) is 0 Å². The number of ether oxygens (including phenoxy) is 2. The van der Waals surface area contributed by atoms with Gasteiger partial charge in [-0.2, -0.15) is 5.26 Å². The molecule has 0 spiro atoms. The number of methoxy groups -OCH3 is 1. The summed E-state index contributed by atoms with van der Waals surface area (Å²) in [6.45, 7) is 3.19. The highest BCUT2D eigenvalue weighted by Crippen LogP contribution is 2.40. The molecule has 0 aromatic heterocycles. The van der Waals surface area contributed by atoms with Crippen molar-refractivity contribution in [2.24, 2.45) is 11.8 Å². The summed E-state index contributed by atoms with van der Waals surface area (Å²) in [6.07, 6.45) is 8.86. The van der Waals surface area contributed by atoms with Crippen molar-refractivity contribution in [1.82, 2.24) is 4.90 Å². The number of fused-ring (bicyclic) bond motifs is 3. The average Bonchev–Trinajstić information content (AvgIpc) is 3.05. The lowest BCUT2D eigenvalue weighted by molar-refractivity contribution is -0.148. The molecule has 1 saturated carbocycles. The fourth-order valence-corrected chi connectivity index (χ4v) is 6.30. The van der Waals surface area contributed by atoms with Crippen molar-refractivity contribution in [3.63, 3.8) is 0 Å². The Labute approximate surface area is 196 Å².